The monoisotopic (exact) mass is 328 g/mol. The molecular weight excluding hydrogens is 306 g/mol. The van der Waals surface area contributed by atoms with Crippen LogP contribution >= 0.6 is 11.8 Å². The van der Waals surface area contributed by atoms with Gasteiger partial charge >= 0.3 is 5.97 Å². The predicted octanol–water partition coefficient (Wildman–Crippen LogP) is 2.57. The van der Waals surface area contributed by atoms with Crippen LogP contribution in [0.15, 0.2) is 65.6 Å². The standard InChI is InChI=1S/C19H21NO2S/c21-18(15-23-17-9-5-2-6-10-17)22-19(11-13-20-14-12-19)16-7-3-1-4-8-16/h1-10,20H,11-15H2/p+1. The summed E-state index contributed by atoms with van der Waals surface area (Å²) in [6.45, 7) is 1.99. The van der Waals surface area contributed by atoms with Gasteiger partial charge in [0.1, 0.15) is 5.60 Å². The molecule has 1 saturated heterocycles. The average molecular weight is 328 g/mol. The number of rotatable bonds is 5. The first kappa shape index (κ1) is 16.1. The van der Waals surface area contributed by atoms with Gasteiger partial charge in [-0.2, -0.15) is 0 Å². The predicted molar refractivity (Wildman–Crippen MR) is 92.3 cm³/mol. The van der Waals surface area contributed by atoms with Gasteiger partial charge < -0.3 is 10.1 Å². The van der Waals surface area contributed by atoms with Crippen LogP contribution in [-0.2, 0) is 15.1 Å². The molecule has 0 aliphatic carbocycles. The number of hydrogen-bond acceptors (Lipinski definition) is 3. The molecule has 23 heavy (non-hydrogen) atoms. The number of nitrogens with two attached hydrogens (primary N) is 1. The van der Waals surface area contributed by atoms with Crippen LogP contribution in [0.2, 0.25) is 0 Å². The average Bonchev–Trinajstić information content (AvgIpc) is 2.62. The van der Waals surface area contributed by atoms with E-state index in [-0.39, 0.29) is 5.97 Å². The molecule has 0 unspecified atom stereocenters. The van der Waals surface area contributed by atoms with Gasteiger partial charge in [0, 0.05) is 17.7 Å². The van der Waals surface area contributed by atoms with Gasteiger partial charge in [0.2, 0.25) is 0 Å². The van der Waals surface area contributed by atoms with E-state index < -0.39 is 5.60 Å². The minimum Gasteiger partial charge on any atom is -0.453 e. The SMILES string of the molecule is O=C(CSc1ccccc1)OC1(c2ccccc2)CC[NH2+]CC1. The summed E-state index contributed by atoms with van der Waals surface area (Å²) in [5.74, 6) is 0.215. The molecule has 0 saturated carbocycles. The first-order valence-corrected chi connectivity index (χ1v) is 9.04. The van der Waals surface area contributed by atoms with Crippen molar-refractivity contribution in [2.45, 2.75) is 23.3 Å². The van der Waals surface area contributed by atoms with Crippen LogP contribution in [0.1, 0.15) is 18.4 Å². The van der Waals surface area contributed by atoms with Gasteiger partial charge in [0.15, 0.2) is 0 Å². The second-order valence-electron chi connectivity index (χ2n) is 5.80. The lowest BCUT2D eigenvalue weighted by molar-refractivity contribution is -0.668. The Balaban J connectivity index is 1.68. The van der Waals surface area contributed by atoms with Crippen molar-refractivity contribution in [1.82, 2.24) is 0 Å². The van der Waals surface area contributed by atoms with E-state index in [1.54, 1.807) is 0 Å². The van der Waals surface area contributed by atoms with Crippen LogP contribution in [-0.4, -0.2) is 24.8 Å². The minimum absolute atomic E-state index is 0.135. The number of esters is 1. The third kappa shape index (κ3) is 4.15. The van der Waals surface area contributed by atoms with Crippen molar-refractivity contribution in [3.63, 3.8) is 0 Å². The fraction of sp³-hybridized carbons (Fsp3) is 0.316. The molecular formula is C19H22NO2S+. The fourth-order valence-electron chi connectivity index (χ4n) is 3.04. The molecule has 0 radical (unpaired) electrons. The third-order valence-corrected chi connectivity index (χ3v) is 5.20. The molecule has 1 aliphatic rings. The molecule has 0 amide bonds. The molecule has 4 heteroatoms. The molecule has 3 nitrogen and oxygen atoms in total. The van der Waals surface area contributed by atoms with Gasteiger partial charge in [0.25, 0.3) is 0 Å². The highest BCUT2D eigenvalue weighted by molar-refractivity contribution is 8.00. The molecule has 120 valence electrons. The van der Waals surface area contributed by atoms with Gasteiger partial charge in [-0.15, -0.1) is 11.8 Å². The highest BCUT2D eigenvalue weighted by Gasteiger charge is 2.39. The second kappa shape index (κ2) is 7.66. The first-order chi connectivity index (χ1) is 11.3. The van der Waals surface area contributed by atoms with Crippen LogP contribution in [0, 0.1) is 0 Å². The minimum atomic E-state index is -0.454. The summed E-state index contributed by atoms with van der Waals surface area (Å²) in [5.41, 5.74) is 0.663. The van der Waals surface area contributed by atoms with Crippen molar-refractivity contribution in [2.24, 2.45) is 0 Å². The Labute approximate surface area is 141 Å². The summed E-state index contributed by atoms with van der Waals surface area (Å²) in [6, 6.07) is 20.1. The van der Waals surface area contributed by atoms with E-state index in [0.29, 0.717) is 5.75 Å². The van der Waals surface area contributed by atoms with Crippen LogP contribution in [0.3, 0.4) is 0 Å². The summed E-state index contributed by atoms with van der Waals surface area (Å²) in [4.78, 5) is 13.5. The zero-order valence-electron chi connectivity index (χ0n) is 13.1. The van der Waals surface area contributed by atoms with E-state index in [0.717, 1.165) is 36.4 Å². The summed E-state index contributed by atoms with van der Waals surface area (Å²) >= 11 is 1.53. The van der Waals surface area contributed by atoms with E-state index >= 15 is 0 Å². The van der Waals surface area contributed by atoms with Gasteiger partial charge in [0.05, 0.1) is 18.8 Å². The Kier molecular flexibility index (Phi) is 5.36. The van der Waals surface area contributed by atoms with Gasteiger partial charge in [-0.3, -0.25) is 4.79 Å². The number of carbonyl (C=O) groups is 1. The first-order valence-electron chi connectivity index (χ1n) is 8.05. The molecule has 3 rings (SSSR count). The number of ether oxygens (including phenoxy) is 1. The maximum atomic E-state index is 12.4. The Morgan fingerprint density at radius 2 is 1.61 bits per heavy atom. The topological polar surface area (TPSA) is 42.9 Å². The number of carbonyl (C=O) groups excluding carboxylic acids is 1. The highest BCUT2D eigenvalue weighted by Crippen LogP contribution is 2.34. The van der Waals surface area contributed by atoms with Gasteiger partial charge in [-0.05, 0) is 17.7 Å². The normalized spacial score (nSPS) is 16.7. The largest absolute Gasteiger partial charge is 0.453 e. The molecule has 2 aromatic carbocycles. The van der Waals surface area contributed by atoms with Crippen molar-refractivity contribution in [3.8, 4) is 0 Å². The van der Waals surface area contributed by atoms with Crippen molar-refractivity contribution >= 4 is 17.7 Å². The second-order valence-corrected chi connectivity index (χ2v) is 6.85. The zero-order chi connectivity index (χ0) is 16.0. The molecule has 2 N–H and O–H groups in total. The van der Waals surface area contributed by atoms with E-state index in [4.69, 9.17) is 4.74 Å². The lowest BCUT2D eigenvalue weighted by Gasteiger charge is -2.36. The molecule has 0 spiro atoms. The fourth-order valence-corrected chi connectivity index (χ4v) is 3.73. The van der Waals surface area contributed by atoms with Gasteiger partial charge in [-0.1, -0.05) is 48.5 Å². The number of piperidine rings is 1. The van der Waals surface area contributed by atoms with Crippen LogP contribution in [0.5, 0.6) is 0 Å². The molecule has 0 atom stereocenters. The van der Waals surface area contributed by atoms with Crippen molar-refractivity contribution in [3.05, 3.63) is 66.2 Å². The van der Waals surface area contributed by atoms with Crippen molar-refractivity contribution in [2.75, 3.05) is 18.8 Å². The molecule has 1 aliphatic heterocycles. The summed E-state index contributed by atoms with van der Waals surface area (Å²) in [6.07, 6.45) is 1.75. The Hall–Kier alpha value is -1.78. The van der Waals surface area contributed by atoms with Crippen molar-refractivity contribution in [1.29, 1.82) is 0 Å². The van der Waals surface area contributed by atoms with E-state index in [1.165, 1.54) is 11.8 Å². The molecule has 1 fully saturated rings. The Morgan fingerprint density at radius 1 is 1.00 bits per heavy atom. The lowest BCUT2D eigenvalue weighted by atomic mass is 9.85. The maximum Gasteiger partial charge on any atom is 0.317 e. The van der Waals surface area contributed by atoms with Crippen LogP contribution in [0.25, 0.3) is 0 Å². The number of hydrogen-bond donors (Lipinski definition) is 1. The molecule has 2 aromatic rings. The third-order valence-electron chi connectivity index (χ3n) is 4.21. The molecule has 0 bridgehead atoms. The van der Waals surface area contributed by atoms with Crippen LogP contribution < -0.4 is 5.32 Å². The number of thioether (sulfide) groups is 1. The van der Waals surface area contributed by atoms with E-state index in [1.807, 2.05) is 48.5 Å². The smallest absolute Gasteiger partial charge is 0.317 e. The summed E-state index contributed by atoms with van der Waals surface area (Å²) in [7, 11) is 0. The van der Waals surface area contributed by atoms with Crippen molar-refractivity contribution < 1.29 is 14.8 Å². The van der Waals surface area contributed by atoms with E-state index in [9.17, 15) is 4.79 Å². The molecule has 0 aromatic heterocycles. The lowest BCUT2D eigenvalue weighted by Crippen LogP contribution is -2.87. The Bertz CT molecular complexity index is 624. The summed E-state index contributed by atoms with van der Waals surface area (Å²) < 4.78 is 6.01. The highest BCUT2D eigenvalue weighted by atomic mass is 32.2. The molecule has 1 heterocycles. The maximum absolute atomic E-state index is 12.4. The van der Waals surface area contributed by atoms with Crippen LogP contribution in [0.4, 0.5) is 0 Å². The quantitative estimate of drug-likeness (QED) is 0.678. The Morgan fingerprint density at radius 3 is 2.26 bits per heavy atom. The van der Waals surface area contributed by atoms with Gasteiger partial charge in [-0.25, -0.2) is 0 Å². The van der Waals surface area contributed by atoms with E-state index in [2.05, 4.69) is 17.4 Å². The number of quaternary nitrogens is 1. The zero-order valence-corrected chi connectivity index (χ0v) is 13.9. The number of benzene rings is 2. The summed E-state index contributed by atoms with van der Waals surface area (Å²) in [5, 5.41) is 2.29.